The monoisotopic (exact) mass is 370 g/mol. The number of para-hydroxylation sites is 2. The van der Waals surface area contributed by atoms with Gasteiger partial charge >= 0.3 is 5.97 Å². The van der Waals surface area contributed by atoms with E-state index in [4.69, 9.17) is 4.74 Å². The molecule has 2 aromatic heterocycles. The molecule has 0 aliphatic carbocycles. The van der Waals surface area contributed by atoms with Crippen molar-refractivity contribution < 1.29 is 14.3 Å². The number of aromatic nitrogens is 2. The number of hydrogen-bond acceptors (Lipinski definition) is 4. The lowest BCUT2D eigenvalue weighted by atomic mass is 10.1. The first kappa shape index (κ1) is 17.7. The maximum Gasteiger partial charge on any atom is 0.331 e. The van der Waals surface area contributed by atoms with Gasteiger partial charge in [0.05, 0.1) is 5.52 Å². The average molecular weight is 370 g/mol. The van der Waals surface area contributed by atoms with Crippen molar-refractivity contribution in [3.63, 3.8) is 0 Å². The molecule has 0 spiro atoms. The largest absolute Gasteiger partial charge is 0.451 e. The second-order valence-corrected chi connectivity index (χ2v) is 6.45. The fourth-order valence-corrected chi connectivity index (χ4v) is 3.18. The van der Waals surface area contributed by atoms with Crippen LogP contribution in [0.25, 0.3) is 27.9 Å². The van der Waals surface area contributed by atoms with Crippen molar-refractivity contribution in [2.45, 2.75) is 13.0 Å². The summed E-state index contributed by atoms with van der Waals surface area (Å²) in [6.07, 6.45) is 5.44. The van der Waals surface area contributed by atoms with Crippen LogP contribution >= 0.6 is 0 Å². The normalized spacial score (nSPS) is 12.5. The molecule has 5 heteroatoms. The lowest BCUT2D eigenvalue weighted by Gasteiger charge is -2.10. The molecule has 0 saturated carbocycles. The average Bonchev–Trinajstić information content (AvgIpc) is 3.15. The molecular weight excluding hydrogens is 352 g/mol. The molecular formula is C23H18N2O3. The quantitative estimate of drug-likeness (QED) is 0.318. The van der Waals surface area contributed by atoms with Crippen LogP contribution < -0.4 is 0 Å². The summed E-state index contributed by atoms with van der Waals surface area (Å²) >= 11 is 0. The maximum absolute atomic E-state index is 12.7. The summed E-state index contributed by atoms with van der Waals surface area (Å²) in [5.41, 5.74) is 2.99. The molecule has 28 heavy (non-hydrogen) atoms. The lowest BCUT2D eigenvalue weighted by molar-refractivity contribution is -0.140. The Balaban J connectivity index is 1.48. The van der Waals surface area contributed by atoms with Gasteiger partial charge in [0.25, 0.3) is 0 Å². The van der Waals surface area contributed by atoms with Crippen LogP contribution in [0.15, 0.2) is 73.1 Å². The van der Waals surface area contributed by atoms with E-state index in [1.54, 1.807) is 25.4 Å². The number of esters is 1. The van der Waals surface area contributed by atoms with E-state index in [-0.39, 0.29) is 5.78 Å². The third-order valence-corrected chi connectivity index (χ3v) is 4.58. The summed E-state index contributed by atoms with van der Waals surface area (Å²) in [6, 6.07) is 17.1. The summed E-state index contributed by atoms with van der Waals surface area (Å²) in [5.74, 6) is -0.820. The zero-order valence-electron chi connectivity index (χ0n) is 15.3. The van der Waals surface area contributed by atoms with Crippen molar-refractivity contribution in [1.29, 1.82) is 0 Å². The number of carbonyl (C=O) groups is 2. The molecule has 0 saturated heterocycles. The van der Waals surface area contributed by atoms with Crippen LogP contribution in [0.5, 0.6) is 0 Å². The molecule has 1 N–H and O–H groups in total. The third-order valence-electron chi connectivity index (χ3n) is 4.58. The van der Waals surface area contributed by atoms with Gasteiger partial charge in [-0.1, -0.05) is 42.5 Å². The number of ether oxygens (including phenoxy) is 1. The Labute approximate surface area is 161 Å². The third kappa shape index (κ3) is 3.42. The molecule has 1 atom stereocenters. The molecule has 0 fully saturated rings. The molecule has 2 aromatic carbocycles. The number of benzene rings is 2. The molecule has 0 radical (unpaired) electrons. The molecule has 2 heterocycles. The number of nitrogens with zero attached hydrogens (tertiary/aromatic N) is 1. The van der Waals surface area contributed by atoms with E-state index < -0.39 is 12.1 Å². The molecule has 5 nitrogen and oxygen atoms in total. The Hall–Kier alpha value is -3.73. The fourth-order valence-electron chi connectivity index (χ4n) is 3.18. The second kappa shape index (κ2) is 7.48. The van der Waals surface area contributed by atoms with Gasteiger partial charge in [-0.3, -0.25) is 9.78 Å². The van der Waals surface area contributed by atoms with Gasteiger partial charge in [0.1, 0.15) is 0 Å². The Morgan fingerprint density at radius 2 is 1.89 bits per heavy atom. The minimum absolute atomic E-state index is 0.244. The number of hydrogen-bond donors (Lipinski definition) is 1. The van der Waals surface area contributed by atoms with Gasteiger partial charge in [0.2, 0.25) is 5.78 Å². The van der Waals surface area contributed by atoms with Crippen molar-refractivity contribution >= 4 is 39.6 Å². The van der Waals surface area contributed by atoms with Gasteiger partial charge < -0.3 is 9.72 Å². The van der Waals surface area contributed by atoms with Gasteiger partial charge in [-0.2, -0.15) is 0 Å². The van der Waals surface area contributed by atoms with E-state index in [0.717, 1.165) is 27.4 Å². The van der Waals surface area contributed by atoms with E-state index in [1.807, 2.05) is 54.6 Å². The maximum atomic E-state index is 12.7. The highest BCUT2D eigenvalue weighted by atomic mass is 16.5. The van der Waals surface area contributed by atoms with Crippen LogP contribution in [0.4, 0.5) is 0 Å². The van der Waals surface area contributed by atoms with E-state index >= 15 is 0 Å². The summed E-state index contributed by atoms with van der Waals surface area (Å²) in [4.78, 5) is 32.3. The minimum atomic E-state index is -0.887. The van der Waals surface area contributed by atoms with Gasteiger partial charge in [0, 0.05) is 45.9 Å². The standard InChI is InChI=1S/C23H18N2O3/c1-15(23(27)19-14-25-20-10-3-2-9-18(19)20)28-21(26)12-11-17-7-4-6-16-8-5-13-24-22(16)17/h2-15,25H,1H3/b12-11+. The van der Waals surface area contributed by atoms with E-state index in [0.29, 0.717) is 5.56 Å². The van der Waals surface area contributed by atoms with E-state index in [9.17, 15) is 9.59 Å². The molecule has 0 aliphatic rings. The van der Waals surface area contributed by atoms with Gasteiger partial charge in [0.15, 0.2) is 6.10 Å². The smallest absolute Gasteiger partial charge is 0.331 e. The molecule has 0 amide bonds. The van der Waals surface area contributed by atoms with Crippen LogP contribution in [0.3, 0.4) is 0 Å². The van der Waals surface area contributed by atoms with Crippen molar-refractivity contribution in [2.75, 3.05) is 0 Å². The predicted molar refractivity (Wildman–Crippen MR) is 109 cm³/mol. The number of carbonyl (C=O) groups excluding carboxylic acids is 2. The molecule has 4 rings (SSSR count). The number of ketones is 1. The van der Waals surface area contributed by atoms with E-state index in [1.165, 1.54) is 6.08 Å². The Morgan fingerprint density at radius 3 is 2.79 bits per heavy atom. The van der Waals surface area contributed by atoms with Crippen LogP contribution in [0.2, 0.25) is 0 Å². The molecule has 0 bridgehead atoms. The number of aromatic amines is 1. The summed E-state index contributed by atoms with van der Waals surface area (Å²) in [5, 5.41) is 1.80. The first-order valence-electron chi connectivity index (χ1n) is 8.96. The highest BCUT2D eigenvalue weighted by Crippen LogP contribution is 2.20. The van der Waals surface area contributed by atoms with Crippen LogP contribution in [0.1, 0.15) is 22.8 Å². The van der Waals surface area contributed by atoms with Crippen molar-refractivity contribution in [2.24, 2.45) is 0 Å². The van der Waals surface area contributed by atoms with Crippen molar-refractivity contribution in [1.82, 2.24) is 9.97 Å². The van der Waals surface area contributed by atoms with Crippen molar-refractivity contribution in [3.8, 4) is 0 Å². The van der Waals surface area contributed by atoms with Gasteiger partial charge in [-0.15, -0.1) is 0 Å². The lowest BCUT2D eigenvalue weighted by Crippen LogP contribution is -2.23. The zero-order valence-corrected chi connectivity index (χ0v) is 15.3. The Morgan fingerprint density at radius 1 is 1.07 bits per heavy atom. The number of rotatable bonds is 5. The van der Waals surface area contributed by atoms with Gasteiger partial charge in [-0.25, -0.2) is 4.79 Å². The van der Waals surface area contributed by atoms with Gasteiger partial charge in [-0.05, 0) is 25.1 Å². The zero-order chi connectivity index (χ0) is 19.5. The topological polar surface area (TPSA) is 72.0 Å². The van der Waals surface area contributed by atoms with Crippen molar-refractivity contribution in [3.05, 3.63) is 84.2 Å². The van der Waals surface area contributed by atoms with Crippen LogP contribution in [-0.2, 0) is 9.53 Å². The predicted octanol–water partition coefficient (Wildman–Crippen LogP) is 4.54. The minimum Gasteiger partial charge on any atom is -0.451 e. The SMILES string of the molecule is CC(OC(=O)/C=C/c1cccc2cccnc12)C(=O)c1c[nH]c2ccccc12. The molecule has 4 aromatic rings. The number of nitrogens with one attached hydrogen (secondary N) is 1. The first-order valence-corrected chi connectivity index (χ1v) is 8.96. The summed E-state index contributed by atoms with van der Waals surface area (Å²) in [7, 11) is 0. The second-order valence-electron chi connectivity index (χ2n) is 6.45. The van der Waals surface area contributed by atoms with E-state index in [2.05, 4.69) is 9.97 Å². The Kier molecular flexibility index (Phi) is 4.72. The molecule has 138 valence electrons. The highest BCUT2D eigenvalue weighted by Gasteiger charge is 2.21. The summed E-state index contributed by atoms with van der Waals surface area (Å²) in [6.45, 7) is 1.58. The number of H-pyrrole nitrogens is 1. The Bertz CT molecular complexity index is 1200. The first-order chi connectivity index (χ1) is 13.6. The summed E-state index contributed by atoms with van der Waals surface area (Å²) < 4.78 is 5.31. The molecule has 0 aliphatic heterocycles. The number of Topliss-reactive ketones (excluding diaryl/α,β-unsaturated/α-hetero) is 1. The highest BCUT2D eigenvalue weighted by molar-refractivity contribution is 6.10. The molecule has 1 unspecified atom stereocenters. The number of fused-ring (bicyclic) bond motifs is 2. The fraction of sp³-hybridized carbons (Fsp3) is 0.0870. The van der Waals surface area contributed by atoms with Crippen LogP contribution in [-0.4, -0.2) is 27.8 Å². The van der Waals surface area contributed by atoms with Crippen LogP contribution in [0, 0.1) is 0 Å². The number of pyridine rings is 1.